The van der Waals surface area contributed by atoms with Crippen LogP contribution in [-0.2, 0) is 0 Å². The Balaban J connectivity index is 0. The van der Waals surface area contributed by atoms with Crippen molar-refractivity contribution in [2.45, 2.75) is 19.6 Å². The summed E-state index contributed by atoms with van der Waals surface area (Å²) in [6.07, 6.45) is 0. The maximum Gasteiger partial charge on any atom is 1.00 e. The molecule has 0 spiro atoms. The molecule has 36 valence electrons. The zero-order chi connectivity index (χ0) is 5.21. The smallest absolute Gasteiger partial charge is 0.505 e. The Kier molecular flexibility index (Phi) is 5.32. The van der Waals surface area contributed by atoms with E-state index in [0.717, 1.165) is 0 Å². The molecule has 0 bridgehead atoms. The third kappa shape index (κ3) is 10.8. The van der Waals surface area contributed by atoms with Gasteiger partial charge < -0.3 is 5.70 Å². The number of hydrogen-bond donors (Lipinski definition) is 0. The van der Waals surface area contributed by atoms with Crippen molar-refractivity contribution in [1.82, 2.24) is 0 Å². The summed E-state index contributed by atoms with van der Waals surface area (Å²) in [5.41, 5.74) is 2.99. The molecule has 0 aromatic rings. The van der Waals surface area contributed by atoms with Crippen LogP contribution in [0.25, 0.3) is 0 Å². The Morgan fingerprint density at radius 3 is 1.43 bits per heavy atom. The van der Waals surface area contributed by atoms with Crippen molar-refractivity contribution in [2.24, 2.45) is 0 Å². The Hall–Kier alpha value is 0.554. The van der Waals surface area contributed by atoms with Crippen LogP contribution in [0.15, 0.2) is 6.58 Å². The van der Waals surface area contributed by atoms with Crippen molar-refractivity contribution in [3.05, 3.63) is 12.3 Å². The Morgan fingerprint density at radius 2 is 1.43 bits per heavy atom. The maximum atomic E-state index is 3.57. The Morgan fingerprint density at radius 1 is 1.29 bits per heavy atom. The minimum absolute atomic E-state index is 0. The van der Waals surface area contributed by atoms with E-state index >= 15 is 0 Å². The fourth-order valence-corrected chi connectivity index (χ4v) is 0. The molecule has 7 heavy (non-hydrogen) atoms. The molecule has 0 rings (SSSR count). The normalized spacial score (nSPS) is 9.57. The van der Waals surface area contributed by atoms with E-state index < -0.39 is 8.07 Å². The summed E-state index contributed by atoms with van der Waals surface area (Å²) in [5.74, 6) is 0. The van der Waals surface area contributed by atoms with Gasteiger partial charge >= 0.3 is 18.9 Å². The van der Waals surface area contributed by atoms with Crippen LogP contribution in [0.1, 0.15) is 0 Å². The topological polar surface area (TPSA) is 0 Å². The quantitative estimate of drug-likeness (QED) is 0.293. The van der Waals surface area contributed by atoms with Gasteiger partial charge in [-0.25, -0.2) is 0 Å². The van der Waals surface area contributed by atoms with Crippen molar-refractivity contribution in [3.63, 3.8) is 0 Å². The zero-order valence-electron chi connectivity index (χ0n) is 5.71. The van der Waals surface area contributed by atoms with E-state index in [9.17, 15) is 0 Å². The molecule has 0 aromatic carbocycles. The van der Waals surface area contributed by atoms with Crippen LogP contribution in [-0.4, -0.2) is 8.07 Å². The fraction of sp³-hybridized carbons (Fsp3) is 0.600. The summed E-state index contributed by atoms with van der Waals surface area (Å²) in [7, 11) is -0.992. The van der Waals surface area contributed by atoms with Crippen molar-refractivity contribution in [2.75, 3.05) is 0 Å². The van der Waals surface area contributed by atoms with Crippen LogP contribution in [0.4, 0.5) is 0 Å². The van der Waals surface area contributed by atoms with Crippen LogP contribution in [0, 0.1) is 5.70 Å². The first-order valence-electron chi connectivity index (χ1n) is 2.10. The molecule has 0 amide bonds. The van der Waals surface area contributed by atoms with Gasteiger partial charge in [0.1, 0.15) is 0 Å². The molecule has 0 nitrogen and oxygen atoms in total. The number of rotatable bonds is 1. The van der Waals surface area contributed by atoms with Gasteiger partial charge in [-0.1, -0.05) is 19.6 Å². The molecule has 0 aliphatic rings. The molecule has 0 aliphatic heterocycles. The first-order valence-corrected chi connectivity index (χ1v) is 5.60. The van der Waals surface area contributed by atoms with Gasteiger partial charge in [0, 0.05) is 0 Å². The van der Waals surface area contributed by atoms with E-state index in [1.54, 1.807) is 0 Å². The van der Waals surface area contributed by atoms with E-state index in [1.807, 2.05) is 0 Å². The summed E-state index contributed by atoms with van der Waals surface area (Å²) in [4.78, 5) is 0. The van der Waals surface area contributed by atoms with E-state index in [4.69, 9.17) is 0 Å². The van der Waals surface area contributed by atoms with Gasteiger partial charge in [0.2, 0.25) is 0 Å². The molecule has 0 heterocycles. The van der Waals surface area contributed by atoms with Crippen molar-refractivity contribution >= 4 is 8.07 Å². The van der Waals surface area contributed by atoms with E-state index in [-0.39, 0.29) is 18.9 Å². The molecule has 0 N–H and O–H groups in total. The molecule has 0 aliphatic carbocycles. The van der Waals surface area contributed by atoms with Gasteiger partial charge in [-0.2, -0.15) is 0 Å². The molecule has 0 saturated carbocycles. The van der Waals surface area contributed by atoms with Crippen molar-refractivity contribution in [3.8, 4) is 0 Å². The largest absolute Gasteiger partial charge is 1.00 e. The molecule has 0 radical (unpaired) electrons. The summed E-state index contributed by atoms with van der Waals surface area (Å²) in [5, 5.41) is 0. The molecular formula is C5H11LiSi. The van der Waals surface area contributed by atoms with Crippen LogP contribution < -0.4 is 18.9 Å². The maximum absolute atomic E-state index is 3.57. The molecular weight excluding hydrogens is 95.1 g/mol. The minimum Gasteiger partial charge on any atom is -0.505 e. The minimum atomic E-state index is -0.992. The summed E-state index contributed by atoms with van der Waals surface area (Å²) in [6, 6.07) is 0. The predicted octanol–water partition coefficient (Wildman–Crippen LogP) is -1.14. The second-order valence-electron chi connectivity index (χ2n) is 2.43. The summed E-state index contributed by atoms with van der Waals surface area (Å²) in [6.45, 7) is 10.2. The summed E-state index contributed by atoms with van der Waals surface area (Å²) < 4.78 is 0. The Bertz CT molecular complexity index is 53.6. The first-order chi connectivity index (χ1) is 2.56. The molecule has 0 unspecified atom stereocenters. The zero-order valence-corrected chi connectivity index (χ0v) is 6.71. The average Bonchev–Trinajstić information content (AvgIpc) is 1.35. The second-order valence-corrected chi connectivity index (χ2v) is 7.28. The molecule has 0 saturated heterocycles. The van der Waals surface area contributed by atoms with Crippen LogP contribution in [0.3, 0.4) is 0 Å². The fourth-order valence-electron chi connectivity index (χ4n) is 0. The molecule has 0 fully saturated rings. The third-order valence-corrected chi connectivity index (χ3v) is 1.59. The van der Waals surface area contributed by atoms with Gasteiger partial charge in [0.25, 0.3) is 0 Å². The van der Waals surface area contributed by atoms with E-state index in [2.05, 4.69) is 31.9 Å². The Labute approximate surface area is 59.2 Å². The van der Waals surface area contributed by atoms with Gasteiger partial charge in [-0.05, 0) is 0 Å². The van der Waals surface area contributed by atoms with Crippen molar-refractivity contribution in [1.29, 1.82) is 0 Å². The van der Waals surface area contributed by atoms with Gasteiger partial charge in [0.05, 0.1) is 0 Å². The van der Waals surface area contributed by atoms with Gasteiger partial charge in [0.15, 0.2) is 0 Å². The predicted molar refractivity (Wildman–Crippen MR) is 32.2 cm³/mol. The monoisotopic (exact) mass is 106 g/mol. The van der Waals surface area contributed by atoms with Crippen LogP contribution in [0.2, 0.25) is 19.6 Å². The molecule has 0 atom stereocenters. The third-order valence-electron chi connectivity index (χ3n) is 0.530. The second kappa shape index (κ2) is 3.54. The van der Waals surface area contributed by atoms with Crippen molar-refractivity contribution < 1.29 is 18.9 Å². The molecule has 2 heteroatoms. The van der Waals surface area contributed by atoms with Crippen LogP contribution >= 0.6 is 0 Å². The van der Waals surface area contributed by atoms with Gasteiger partial charge in [-0.3, -0.25) is 6.58 Å². The number of hydrogen-bond acceptors (Lipinski definition) is 0. The van der Waals surface area contributed by atoms with Gasteiger partial charge in [-0.15, -0.1) is 8.07 Å². The summed E-state index contributed by atoms with van der Waals surface area (Å²) >= 11 is 0. The van der Waals surface area contributed by atoms with E-state index in [0.29, 0.717) is 0 Å². The average molecular weight is 106 g/mol. The first kappa shape index (κ1) is 10.5. The standard InChI is InChI=1S/C5H11Si.Li/c1-5-6(2,3)4;/h1H2,2-4H3;/q-1;+1. The molecule has 0 aromatic heterocycles. The van der Waals surface area contributed by atoms with Crippen LogP contribution in [0.5, 0.6) is 0 Å². The SMILES string of the molecule is C=[C-][Si](C)(C)C.[Li+]. The van der Waals surface area contributed by atoms with E-state index in [1.165, 1.54) is 0 Å².